The number of anilines is 2. The molecule has 2 rings (SSSR count). The molecular formula is C18H22ClN3O3S. The first-order valence-electron chi connectivity index (χ1n) is 8.01. The molecule has 0 heterocycles. The first-order valence-corrected chi connectivity index (χ1v) is 10.3. The van der Waals surface area contributed by atoms with Crippen LogP contribution in [0.4, 0.5) is 16.2 Å². The summed E-state index contributed by atoms with van der Waals surface area (Å²) in [6.45, 7) is 2.39. The predicted molar refractivity (Wildman–Crippen MR) is 106 cm³/mol. The number of halogens is 1. The Kier molecular flexibility index (Phi) is 6.50. The van der Waals surface area contributed by atoms with Gasteiger partial charge in [-0.2, -0.15) is 0 Å². The van der Waals surface area contributed by atoms with Crippen molar-refractivity contribution >= 4 is 38.8 Å². The molecule has 26 heavy (non-hydrogen) atoms. The van der Waals surface area contributed by atoms with E-state index in [2.05, 4.69) is 15.5 Å². The van der Waals surface area contributed by atoms with Crippen LogP contribution in [0.3, 0.4) is 0 Å². The number of rotatable bonds is 6. The second kappa shape index (κ2) is 8.42. The number of carbonyl (C=O) groups excluding carboxylic acids is 1. The smallest absolute Gasteiger partial charge is 0.319 e. The molecule has 6 nitrogen and oxygen atoms in total. The van der Waals surface area contributed by atoms with Gasteiger partial charge in [-0.15, -0.1) is 0 Å². The van der Waals surface area contributed by atoms with E-state index < -0.39 is 15.9 Å². The molecule has 140 valence electrons. The van der Waals surface area contributed by atoms with E-state index in [-0.39, 0.29) is 21.6 Å². The molecule has 0 aliphatic heterocycles. The van der Waals surface area contributed by atoms with Crippen molar-refractivity contribution in [2.45, 2.75) is 17.9 Å². The summed E-state index contributed by atoms with van der Waals surface area (Å²) in [5, 5.41) is 5.62. The highest BCUT2D eigenvalue weighted by molar-refractivity contribution is 7.90. The fourth-order valence-corrected chi connectivity index (χ4v) is 3.10. The molecule has 2 aromatic carbocycles. The maximum Gasteiger partial charge on any atom is 0.319 e. The Balaban J connectivity index is 1.97. The number of likely N-dealkylation sites (N-methyl/N-ethyl adjacent to an activating group) is 1. The fourth-order valence-electron chi connectivity index (χ4n) is 2.29. The summed E-state index contributed by atoms with van der Waals surface area (Å²) in [6, 6.07) is 13.6. The molecular weight excluding hydrogens is 374 g/mol. The highest BCUT2D eigenvalue weighted by atomic mass is 35.5. The Bertz CT molecular complexity index is 873. The SMILES string of the molecule is CC(CNC(=O)Nc1cc(S(C)(=O)=O)ccc1Cl)N(C)c1ccccc1. The van der Waals surface area contributed by atoms with Gasteiger partial charge in [0.25, 0.3) is 0 Å². The van der Waals surface area contributed by atoms with Crippen molar-refractivity contribution in [3.05, 3.63) is 53.6 Å². The number of urea groups is 1. The van der Waals surface area contributed by atoms with Crippen LogP contribution >= 0.6 is 11.6 Å². The number of nitrogens with zero attached hydrogens (tertiary/aromatic N) is 1. The van der Waals surface area contributed by atoms with Gasteiger partial charge in [0, 0.05) is 31.6 Å². The van der Waals surface area contributed by atoms with Crippen LogP contribution in [-0.2, 0) is 9.84 Å². The average Bonchev–Trinajstić information content (AvgIpc) is 2.60. The van der Waals surface area contributed by atoms with Crippen LogP contribution < -0.4 is 15.5 Å². The molecule has 0 bridgehead atoms. The minimum absolute atomic E-state index is 0.0565. The van der Waals surface area contributed by atoms with Crippen molar-refractivity contribution in [3.8, 4) is 0 Å². The number of hydrogen-bond donors (Lipinski definition) is 2. The van der Waals surface area contributed by atoms with Gasteiger partial charge >= 0.3 is 6.03 Å². The van der Waals surface area contributed by atoms with Gasteiger partial charge in [0.1, 0.15) is 0 Å². The van der Waals surface area contributed by atoms with Crippen molar-refractivity contribution in [1.29, 1.82) is 0 Å². The highest BCUT2D eigenvalue weighted by Crippen LogP contribution is 2.25. The monoisotopic (exact) mass is 395 g/mol. The summed E-state index contributed by atoms with van der Waals surface area (Å²) in [7, 11) is -1.43. The molecule has 0 saturated carbocycles. The first-order chi connectivity index (χ1) is 12.2. The highest BCUT2D eigenvalue weighted by Gasteiger charge is 2.14. The van der Waals surface area contributed by atoms with Crippen molar-refractivity contribution < 1.29 is 13.2 Å². The minimum Gasteiger partial charge on any atom is -0.370 e. The molecule has 8 heteroatoms. The number of nitrogens with one attached hydrogen (secondary N) is 2. The van der Waals surface area contributed by atoms with Gasteiger partial charge in [-0.3, -0.25) is 0 Å². The van der Waals surface area contributed by atoms with E-state index in [0.29, 0.717) is 6.54 Å². The molecule has 1 unspecified atom stereocenters. The maximum atomic E-state index is 12.1. The molecule has 2 amide bonds. The summed E-state index contributed by atoms with van der Waals surface area (Å²) in [5.41, 5.74) is 1.29. The Morgan fingerprint density at radius 2 is 1.85 bits per heavy atom. The molecule has 0 radical (unpaired) electrons. The second-order valence-corrected chi connectivity index (χ2v) is 8.47. The Morgan fingerprint density at radius 3 is 2.46 bits per heavy atom. The van der Waals surface area contributed by atoms with Gasteiger partial charge in [0.05, 0.1) is 15.6 Å². The van der Waals surface area contributed by atoms with Crippen LogP contribution in [0.2, 0.25) is 5.02 Å². The molecule has 0 spiro atoms. The summed E-state index contributed by atoms with van der Waals surface area (Å²) >= 11 is 6.04. The van der Waals surface area contributed by atoms with Gasteiger partial charge in [0.15, 0.2) is 9.84 Å². The lowest BCUT2D eigenvalue weighted by molar-refractivity contribution is 0.251. The van der Waals surface area contributed by atoms with Crippen LogP contribution in [0.1, 0.15) is 6.92 Å². The van der Waals surface area contributed by atoms with Gasteiger partial charge in [-0.05, 0) is 37.3 Å². The standard InChI is InChI=1S/C18H22ClN3O3S/c1-13(22(2)14-7-5-4-6-8-14)12-20-18(23)21-17-11-15(26(3,24)25)9-10-16(17)19/h4-11,13H,12H2,1-3H3,(H2,20,21,23). The van der Waals surface area contributed by atoms with E-state index in [1.807, 2.05) is 44.3 Å². The Labute approximate surface area is 159 Å². The zero-order valence-corrected chi connectivity index (χ0v) is 16.4. The second-order valence-electron chi connectivity index (χ2n) is 6.04. The average molecular weight is 396 g/mol. The van der Waals surface area contributed by atoms with Crippen molar-refractivity contribution in [2.75, 3.05) is 30.1 Å². The van der Waals surface area contributed by atoms with Gasteiger partial charge in [-0.25, -0.2) is 13.2 Å². The van der Waals surface area contributed by atoms with Crippen LogP contribution in [-0.4, -0.2) is 40.3 Å². The number of carbonyl (C=O) groups is 1. The number of sulfone groups is 1. The molecule has 0 aliphatic carbocycles. The third-order valence-electron chi connectivity index (χ3n) is 4.00. The Morgan fingerprint density at radius 1 is 1.19 bits per heavy atom. The topological polar surface area (TPSA) is 78.5 Å². The van der Waals surface area contributed by atoms with Crippen LogP contribution in [0.25, 0.3) is 0 Å². The number of para-hydroxylation sites is 1. The van der Waals surface area contributed by atoms with E-state index in [1.54, 1.807) is 0 Å². The molecule has 0 aliphatic rings. The fraction of sp³-hybridized carbons (Fsp3) is 0.278. The lowest BCUT2D eigenvalue weighted by Gasteiger charge is -2.27. The zero-order valence-electron chi connectivity index (χ0n) is 14.9. The third-order valence-corrected chi connectivity index (χ3v) is 5.44. The van der Waals surface area contributed by atoms with E-state index in [9.17, 15) is 13.2 Å². The first kappa shape index (κ1) is 20.1. The number of amides is 2. The summed E-state index contributed by atoms with van der Waals surface area (Å²) < 4.78 is 23.3. The lowest BCUT2D eigenvalue weighted by atomic mass is 10.2. The quantitative estimate of drug-likeness (QED) is 0.785. The molecule has 0 aromatic heterocycles. The molecule has 0 fully saturated rings. The van der Waals surface area contributed by atoms with E-state index >= 15 is 0 Å². The molecule has 2 aromatic rings. The zero-order chi connectivity index (χ0) is 19.3. The number of benzene rings is 2. The molecule has 0 saturated heterocycles. The summed E-state index contributed by atoms with van der Waals surface area (Å²) in [5.74, 6) is 0. The third kappa shape index (κ3) is 5.37. The van der Waals surface area contributed by atoms with Crippen molar-refractivity contribution in [1.82, 2.24) is 5.32 Å². The molecule has 1 atom stereocenters. The molecule has 2 N–H and O–H groups in total. The van der Waals surface area contributed by atoms with Crippen molar-refractivity contribution in [3.63, 3.8) is 0 Å². The lowest BCUT2D eigenvalue weighted by Crippen LogP contribution is -2.41. The van der Waals surface area contributed by atoms with Crippen molar-refractivity contribution in [2.24, 2.45) is 0 Å². The van der Waals surface area contributed by atoms with Gasteiger partial charge < -0.3 is 15.5 Å². The normalized spacial score (nSPS) is 12.3. The van der Waals surface area contributed by atoms with Crippen LogP contribution in [0, 0.1) is 0 Å². The maximum absolute atomic E-state index is 12.1. The predicted octanol–water partition coefficient (Wildman–Crippen LogP) is 3.39. The van der Waals surface area contributed by atoms with Crippen LogP contribution in [0.5, 0.6) is 0 Å². The summed E-state index contributed by atoms with van der Waals surface area (Å²) in [4.78, 5) is 14.3. The largest absolute Gasteiger partial charge is 0.370 e. The van der Waals surface area contributed by atoms with E-state index in [0.717, 1.165) is 11.9 Å². The minimum atomic E-state index is -3.38. The van der Waals surface area contributed by atoms with Gasteiger partial charge in [-0.1, -0.05) is 29.8 Å². The van der Waals surface area contributed by atoms with E-state index in [1.165, 1.54) is 18.2 Å². The summed E-state index contributed by atoms with van der Waals surface area (Å²) in [6.07, 6.45) is 1.10. The van der Waals surface area contributed by atoms with Crippen LogP contribution in [0.15, 0.2) is 53.4 Å². The number of hydrogen-bond acceptors (Lipinski definition) is 4. The van der Waals surface area contributed by atoms with E-state index in [4.69, 9.17) is 11.6 Å². The van der Waals surface area contributed by atoms with Gasteiger partial charge in [0.2, 0.25) is 0 Å². The Hall–Kier alpha value is -2.25.